The lowest BCUT2D eigenvalue weighted by molar-refractivity contribution is -0.892. The Morgan fingerprint density at radius 1 is 1.11 bits per heavy atom. The number of nitrogens with one attached hydrogen (secondary N) is 3. The molecule has 7 heteroatoms. The Hall–Kier alpha value is -2.41. The van der Waals surface area contributed by atoms with Gasteiger partial charge in [0.1, 0.15) is 5.82 Å². The first-order valence-corrected chi connectivity index (χ1v) is 10.2. The minimum Gasteiger partial charge on any atom is -0.360 e. The van der Waals surface area contributed by atoms with E-state index in [1.807, 2.05) is 0 Å². The van der Waals surface area contributed by atoms with E-state index in [1.54, 1.807) is 12.1 Å². The lowest BCUT2D eigenvalue weighted by Crippen LogP contribution is -3.16. The zero-order chi connectivity index (χ0) is 19.8. The number of halogens is 1. The Bertz CT molecular complexity index is 697. The Balaban J connectivity index is 1.32. The number of piperazine rings is 1. The van der Waals surface area contributed by atoms with Crippen molar-refractivity contribution >= 4 is 17.6 Å². The molecule has 28 heavy (non-hydrogen) atoms. The number of quaternary nitrogens is 1. The molecule has 0 aromatic heterocycles. The zero-order valence-electron chi connectivity index (χ0n) is 16.3. The summed E-state index contributed by atoms with van der Waals surface area (Å²) in [6.45, 7) is 4.07. The third-order valence-corrected chi connectivity index (χ3v) is 5.44. The Kier molecular flexibility index (Phi) is 7.42. The van der Waals surface area contributed by atoms with Crippen molar-refractivity contribution in [2.24, 2.45) is 0 Å². The van der Waals surface area contributed by atoms with E-state index >= 15 is 0 Å². The van der Waals surface area contributed by atoms with Crippen LogP contribution in [0, 0.1) is 5.82 Å². The summed E-state index contributed by atoms with van der Waals surface area (Å²) < 4.78 is 13.0. The summed E-state index contributed by atoms with van der Waals surface area (Å²) in [5.41, 5.74) is 2.40. The molecule has 0 unspecified atom stereocenters. The van der Waals surface area contributed by atoms with Crippen molar-refractivity contribution in [2.45, 2.75) is 32.1 Å². The molecule has 1 aromatic carbocycles. The van der Waals surface area contributed by atoms with Crippen LogP contribution in [0.15, 0.2) is 35.9 Å². The van der Waals surface area contributed by atoms with Crippen LogP contribution >= 0.6 is 0 Å². The molecule has 1 aliphatic heterocycles. The molecule has 0 atom stereocenters. The molecule has 1 aromatic rings. The molecule has 0 saturated carbocycles. The number of benzene rings is 1. The maximum Gasteiger partial charge on any atom is 0.321 e. The number of amides is 3. The number of carbonyl (C=O) groups excluding carboxylic acids is 2. The quantitative estimate of drug-likeness (QED) is 0.642. The molecule has 0 spiro atoms. The highest BCUT2D eigenvalue weighted by Crippen LogP contribution is 2.19. The molecule has 3 N–H and O–H groups in total. The zero-order valence-corrected chi connectivity index (χ0v) is 16.3. The van der Waals surface area contributed by atoms with Crippen LogP contribution in [0.1, 0.15) is 32.1 Å². The van der Waals surface area contributed by atoms with Gasteiger partial charge in [-0.15, -0.1) is 0 Å². The van der Waals surface area contributed by atoms with E-state index in [0.717, 1.165) is 56.0 Å². The van der Waals surface area contributed by atoms with Gasteiger partial charge in [-0.2, -0.15) is 0 Å². The van der Waals surface area contributed by atoms with E-state index < -0.39 is 6.03 Å². The maximum absolute atomic E-state index is 13.0. The van der Waals surface area contributed by atoms with Crippen molar-refractivity contribution in [1.82, 2.24) is 10.6 Å². The van der Waals surface area contributed by atoms with Crippen molar-refractivity contribution in [3.05, 3.63) is 41.7 Å². The third kappa shape index (κ3) is 6.34. The molecule has 3 amide bonds. The van der Waals surface area contributed by atoms with E-state index in [0.29, 0.717) is 6.54 Å². The number of urea groups is 1. The molecule has 0 bridgehead atoms. The summed E-state index contributed by atoms with van der Waals surface area (Å²) in [7, 11) is 0. The van der Waals surface area contributed by atoms with Gasteiger partial charge >= 0.3 is 6.03 Å². The monoisotopic (exact) mass is 389 g/mol. The van der Waals surface area contributed by atoms with Gasteiger partial charge in [0.05, 0.1) is 26.2 Å². The fourth-order valence-electron chi connectivity index (χ4n) is 3.82. The fraction of sp³-hybridized carbons (Fsp3) is 0.524. The summed E-state index contributed by atoms with van der Waals surface area (Å²) >= 11 is 0. The van der Waals surface area contributed by atoms with Crippen molar-refractivity contribution in [3.8, 4) is 0 Å². The van der Waals surface area contributed by atoms with E-state index in [2.05, 4.69) is 21.6 Å². The first-order valence-electron chi connectivity index (χ1n) is 10.2. The normalized spacial score (nSPS) is 17.8. The first kappa shape index (κ1) is 20.3. The minimum absolute atomic E-state index is 0.238. The second kappa shape index (κ2) is 10.2. The summed E-state index contributed by atoms with van der Waals surface area (Å²) in [6, 6.07) is 6.07. The highest BCUT2D eigenvalue weighted by Gasteiger charge is 2.23. The van der Waals surface area contributed by atoms with Crippen LogP contribution in [-0.4, -0.2) is 51.2 Å². The number of hydrogen-bond donors (Lipinski definition) is 3. The molecule has 2 aliphatic rings. The number of allylic oxidation sites excluding steroid dienone is 1. The molecule has 6 nitrogen and oxygen atoms in total. The number of rotatable bonds is 6. The van der Waals surface area contributed by atoms with Crippen LogP contribution in [0.5, 0.6) is 0 Å². The van der Waals surface area contributed by atoms with Crippen molar-refractivity contribution in [1.29, 1.82) is 0 Å². The fourth-order valence-corrected chi connectivity index (χ4v) is 3.82. The molecule has 0 radical (unpaired) electrons. The number of carbonyl (C=O) groups is 2. The molecule has 1 heterocycles. The number of nitrogens with zero attached hydrogens (tertiary/aromatic N) is 1. The molecule has 152 valence electrons. The van der Waals surface area contributed by atoms with Crippen LogP contribution in [0.4, 0.5) is 14.9 Å². The number of imide groups is 1. The smallest absolute Gasteiger partial charge is 0.321 e. The average molecular weight is 389 g/mol. The Morgan fingerprint density at radius 3 is 2.54 bits per heavy atom. The van der Waals surface area contributed by atoms with Crippen LogP contribution in [0.25, 0.3) is 0 Å². The van der Waals surface area contributed by atoms with E-state index in [-0.39, 0.29) is 18.3 Å². The molecular formula is C21H30FN4O2+. The topological polar surface area (TPSA) is 65.9 Å². The third-order valence-electron chi connectivity index (χ3n) is 5.44. The lowest BCUT2D eigenvalue weighted by atomic mass is 9.97. The van der Waals surface area contributed by atoms with Crippen LogP contribution in [-0.2, 0) is 4.79 Å². The number of hydrogen-bond acceptors (Lipinski definition) is 3. The highest BCUT2D eigenvalue weighted by molar-refractivity contribution is 5.94. The molecule has 1 saturated heterocycles. The van der Waals surface area contributed by atoms with Gasteiger partial charge in [-0.3, -0.25) is 10.1 Å². The average Bonchev–Trinajstić information content (AvgIpc) is 2.70. The predicted molar refractivity (Wildman–Crippen MR) is 107 cm³/mol. The van der Waals surface area contributed by atoms with Gasteiger partial charge in [-0.25, -0.2) is 9.18 Å². The lowest BCUT2D eigenvalue weighted by Gasteiger charge is -2.33. The summed E-state index contributed by atoms with van der Waals surface area (Å²) in [6.07, 6.45) is 7.87. The highest BCUT2D eigenvalue weighted by atomic mass is 19.1. The van der Waals surface area contributed by atoms with Gasteiger partial charge < -0.3 is 15.1 Å². The molecular weight excluding hydrogens is 359 g/mol. The molecule has 1 aliphatic carbocycles. The van der Waals surface area contributed by atoms with Crippen molar-refractivity contribution in [3.63, 3.8) is 0 Å². The van der Waals surface area contributed by atoms with E-state index in [1.165, 1.54) is 30.5 Å². The Labute approximate surface area is 165 Å². The number of anilines is 1. The second-order valence-electron chi connectivity index (χ2n) is 7.55. The summed E-state index contributed by atoms with van der Waals surface area (Å²) in [5, 5.41) is 5.20. The van der Waals surface area contributed by atoms with Crippen molar-refractivity contribution in [2.75, 3.05) is 44.2 Å². The van der Waals surface area contributed by atoms with Gasteiger partial charge in [-0.05, 0) is 56.4 Å². The van der Waals surface area contributed by atoms with Gasteiger partial charge in [0.15, 0.2) is 6.54 Å². The predicted octanol–water partition coefficient (Wildman–Crippen LogP) is 1.25. The maximum atomic E-state index is 13.0. The molecule has 1 fully saturated rings. The SMILES string of the molecule is O=C(C[NH+]1CCN(c2ccc(F)cc2)CC1)NC(=O)NCCC1=CCCCC1. The van der Waals surface area contributed by atoms with Gasteiger partial charge in [0.25, 0.3) is 5.91 Å². The summed E-state index contributed by atoms with van der Waals surface area (Å²) in [5.74, 6) is -0.488. The molecule has 3 rings (SSSR count). The van der Waals surface area contributed by atoms with Gasteiger partial charge in [0.2, 0.25) is 0 Å². The largest absolute Gasteiger partial charge is 0.360 e. The van der Waals surface area contributed by atoms with Gasteiger partial charge in [0, 0.05) is 12.2 Å². The van der Waals surface area contributed by atoms with E-state index in [9.17, 15) is 14.0 Å². The van der Waals surface area contributed by atoms with Crippen molar-refractivity contribution < 1.29 is 18.9 Å². The van der Waals surface area contributed by atoms with Crippen LogP contribution < -0.4 is 20.4 Å². The summed E-state index contributed by atoms with van der Waals surface area (Å²) in [4.78, 5) is 27.3. The van der Waals surface area contributed by atoms with Crippen LogP contribution in [0.2, 0.25) is 0 Å². The van der Waals surface area contributed by atoms with E-state index in [4.69, 9.17) is 0 Å². The van der Waals surface area contributed by atoms with Gasteiger partial charge in [-0.1, -0.05) is 11.6 Å². The standard InChI is InChI=1S/C21H29FN4O2/c22-18-6-8-19(9-7-18)26-14-12-25(13-15-26)16-20(27)24-21(28)23-11-10-17-4-2-1-3-5-17/h4,6-9H,1-3,5,10-16H2,(H2,23,24,27,28)/p+1. The minimum atomic E-state index is -0.411. The first-order chi connectivity index (χ1) is 13.6. The second-order valence-corrected chi connectivity index (χ2v) is 7.55. The van der Waals surface area contributed by atoms with Crippen LogP contribution in [0.3, 0.4) is 0 Å². The Morgan fingerprint density at radius 2 is 1.86 bits per heavy atom.